The molecule has 1 unspecified atom stereocenters. The van der Waals surface area contributed by atoms with E-state index in [1.807, 2.05) is 20.8 Å². The van der Waals surface area contributed by atoms with Crippen LogP contribution in [0.1, 0.15) is 45.1 Å². The first-order valence-corrected chi connectivity index (χ1v) is 10.9. The molecule has 2 amide bonds. The van der Waals surface area contributed by atoms with Crippen LogP contribution in [-0.4, -0.2) is 61.3 Å². The Bertz CT molecular complexity index is 812. The number of carbonyl (C=O) groups is 2. The van der Waals surface area contributed by atoms with Crippen LogP contribution in [0.25, 0.3) is 0 Å². The van der Waals surface area contributed by atoms with Crippen LogP contribution in [0.2, 0.25) is 10.0 Å². The SMILES string of the molecule is COc1ccc(Cl)c(Cl)c1[C@H]1C[C@@H](CNC2CNC(=O)C2)N(C(=O)OC(C)(C)C)C1. The maximum absolute atomic E-state index is 12.9. The van der Waals surface area contributed by atoms with Gasteiger partial charge in [-0.05, 0) is 39.3 Å². The van der Waals surface area contributed by atoms with Crippen molar-refractivity contribution in [3.63, 3.8) is 0 Å². The number of methoxy groups -OCH3 is 1. The standard InChI is InChI=1S/C21H29Cl2N3O4/c1-21(2,3)30-20(28)26-11-12(18-16(29-4)6-5-15(22)19(18)23)7-14(26)10-24-13-8-17(27)25-9-13/h5-6,12-14,24H,7-11H2,1-4H3,(H,25,27)/t12-,13?,14-/m0/s1. The highest BCUT2D eigenvalue weighted by atomic mass is 35.5. The lowest BCUT2D eigenvalue weighted by atomic mass is 9.95. The number of benzene rings is 1. The Morgan fingerprint density at radius 2 is 2.07 bits per heavy atom. The molecule has 2 N–H and O–H groups in total. The highest BCUT2D eigenvalue weighted by molar-refractivity contribution is 6.42. The van der Waals surface area contributed by atoms with Gasteiger partial charge in [0.1, 0.15) is 11.4 Å². The van der Waals surface area contributed by atoms with Crippen LogP contribution in [0.3, 0.4) is 0 Å². The lowest BCUT2D eigenvalue weighted by Gasteiger charge is -2.29. The van der Waals surface area contributed by atoms with Gasteiger partial charge in [-0.25, -0.2) is 4.79 Å². The number of nitrogens with one attached hydrogen (secondary N) is 2. The molecule has 9 heteroatoms. The van der Waals surface area contributed by atoms with Crippen molar-refractivity contribution in [3.05, 3.63) is 27.7 Å². The third-order valence-electron chi connectivity index (χ3n) is 5.38. The van der Waals surface area contributed by atoms with E-state index in [9.17, 15) is 9.59 Å². The van der Waals surface area contributed by atoms with Gasteiger partial charge in [0.25, 0.3) is 0 Å². The van der Waals surface area contributed by atoms with Crippen LogP contribution in [0.4, 0.5) is 4.79 Å². The Hall–Kier alpha value is -1.70. The van der Waals surface area contributed by atoms with Crippen LogP contribution in [0.15, 0.2) is 12.1 Å². The van der Waals surface area contributed by atoms with E-state index in [1.165, 1.54) is 0 Å². The molecule has 0 radical (unpaired) electrons. The lowest BCUT2D eigenvalue weighted by molar-refractivity contribution is -0.119. The van der Waals surface area contributed by atoms with Gasteiger partial charge < -0.3 is 25.0 Å². The highest BCUT2D eigenvalue weighted by Gasteiger charge is 2.40. The minimum absolute atomic E-state index is 0.0382. The van der Waals surface area contributed by atoms with E-state index in [-0.39, 0.29) is 30.0 Å². The van der Waals surface area contributed by atoms with E-state index in [2.05, 4.69) is 10.6 Å². The van der Waals surface area contributed by atoms with Gasteiger partial charge >= 0.3 is 6.09 Å². The van der Waals surface area contributed by atoms with E-state index in [0.29, 0.717) is 48.3 Å². The number of hydrogen-bond donors (Lipinski definition) is 2. The summed E-state index contributed by atoms with van der Waals surface area (Å²) in [5.41, 5.74) is 0.209. The molecule has 2 aliphatic rings. The Balaban J connectivity index is 1.81. The summed E-state index contributed by atoms with van der Waals surface area (Å²) in [5.74, 6) is 0.641. The molecule has 30 heavy (non-hydrogen) atoms. The minimum Gasteiger partial charge on any atom is -0.496 e. The van der Waals surface area contributed by atoms with Crippen LogP contribution >= 0.6 is 23.2 Å². The van der Waals surface area contributed by atoms with Crippen LogP contribution in [0.5, 0.6) is 5.75 Å². The van der Waals surface area contributed by atoms with Crippen molar-refractivity contribution in [2.45, 2.75) is 57.2 Å². The molecule has 2 aliphatic heterocycles. The van der Waals surface area contributed by atoms with E-state index < -0.39 is 5.60 Å². The average Bonchev–Trinajstić information content (AvgIpc) is 3.26. The van der Waals surface area contributed by atoms with E-state index in [1.54, 1.807) is 24.1 Å². The summed E-state index contributed by atoms with van der Waals surface area (Å²) in [6, 6.07) is 3.44. The molecule has 0 aromatic heterocycles. The Kier molecular flexibility index (Phi) is 7.05. The molecule has 3 rings (SSSR count). The fourth-order valence-electron chi connectivity index (χ4n) is 4.02. The Labute approximate surface area is 187 Å². The quantitative estimate of drug-likeness (QED) is 0.706. The molecule has 0 aliphatic carbocycles. The summed E-state index contributed by atoms with van der Waals surface area (Å²) >= 11 is 12.8. The summed E-state index contributed by atoms with van der Waals surface area (Å²) in [7, 11) is 1.59. The fraction of sp³-hybridized carbons (Fsp3) is 0.619. The Morgan fingerprint density at radius 3 is 2.67 bits per heavy atom. The first kappa shape index (κ1) is 23.0. The van der Waals surface area contributed by atoms with Gasteiger partial charge in [0.05, 0.1) is 17.2 Å². The molecule has 2 heterocycles. The molecule has 2 fully saturated rings. The van der Waals surface area contributed by atoms with Gasteiger partial charge in [0.15, 0.2) is 0 Å². The van der Waals surface area contributed by atoms with Gasteiger partial charge in [-0.3, -0.25) is 4.79 Å². The predicted octanol–water partition coefficient (Wildman–Crippen LogP) is 3.57. The summed E-state index contributed by atoms with van der Waals surface area (Å²) in [5, 5.41) is 7.12. The van der Waals surface area contributed by atoms with Crippen molar-refractivity contribution in [2.75, 3.05) is 26.7 Å². The number of carbonyl (C=O) groups excluding carboxylic acids is 2. The molecule has 1 aromatic rings. The lowest BCUT2D eigenvalue weighted by Crippen LogP contribution is -2.46. The zero-order valence-corrected chi connectivity index (χ0v) is 19.3. The third kappa shape index (κ3) is 5.31. The summed E-state index contributed by atoms with van der Waals surface area (Å²) in [4.78, 5) is 26.1. The molecule has 166 valence electrons. The normalized spacial score (nSPS) is 24.1. The van der Waals surface area contributed by atoms with Gasteiger partial charge in [0, 0.05) is 49.6 Å². The number of ether oxygens (including phenoxy) is 2. The largest absolute Gasteiger partial charge is 0.496 e. The third-order valence-corrected chi connectivity index (χ3v) is 6.20. The number of nitrogens with zero attached hydrogens (tertiary/aromatic N) is 1. The second kappa shape index (κ2) is 9.20. The number of halogens is 2. The molecule has 0 spiro atoms. The first-order chi connectivity index (χ1) is 14.1. The smallest absolute Gasteiger partial charge is 0.410 e. The molecule has 1 aromatic carbocycles. The van der Waals surface area contributed by atoms with E-state index >= 15 is 0 Å². The molecular formula is C21H29Cl2N3O4. The summed E-state index contributed by atoms with van der Waals surface area (Å²) < 4.78 is 11.2. The Morgan fingerprint density at radius 1 is 1.33 bits per heavy atom. The number of likely N-dealkylation sites (tertiary alicyclic amines) is 1. The van der Waals surface area contributed by atoms with Gasteiger partial charge in [-0.1, -0.05) is 23.2 Å². The second-order valence-electron chi connectivity index (χ2n) is 8.81. The van der Waals surface area contributed by atoms with E-state index in [4.69, 9.17) is 32.7 Å². The maximum atomic E-state index is 12.9. The fourth-order valence-corrected chi connectivity index (χ4v) is 4.50. The number of rotatable bonds is 5. The molecule has 3 atom stereocenters. The molecule has 0 bridgehead atoms. The zero-order valence-electron chi connectivity index (χ0n) is 17.8. The van der Waals surface area contributed by atoms with Gasteiger partial charge in [-0.15, -0.1) is 0 Å². The summed E-state index contributed by atoms with van der Waals surface area (Å²) in [6.07, 6.45) is 0.752. The average molecular weight is 458 g/mol. The van der Waals surface area contributed by atoms with Crippen LogP contribution in [-0.2, 0) is 9.53 Å². The monoisotopic (exact) mass is 457 g/mol. The van der Waals surface area contributed by atoms with Crippen molar-refractivity contribution in [3.8, 4) is 5.75 Å². The number of hydrogen-bond acceptors (Lipinski definition) is 5. The van der Waals surface area contributed by atoms with Crippen molar-refractivity contribution in [1.29, 1.82) is 0 Å². The van der Waals surface area contributed by atoms with Crippen molar-refractivity contribution in [2.24, 2.45) is 0 Å². The van der Waals surface area contributed by atoms with Gasteiger partial charge in [-0.2, -0.15) is 0 Å². The van der Waals surface area contributed by atoms with Crippen molar-refractivity contribution >= 4 is 35.2 Å². The number of amides is 2. The van der Waals surface area contributed by atoms with Gasteiger partial charge in [0.2, 0.25) is 5.91 Å². The second-order valence-corrected chi connectivity index (χ2v) is 9.59. The predicted molar refractivity (Wildman–Crippen MR) is 117 cm³/mol. The molecular weight excluding hydrogens is 429 g/mol. The zero-order chi connectivity index (χ0) is 22.1. The summed E-state index contributed by atoms with van der Waals surface area (Å²) in [6.45, 7) is 7.12. The maximum Gasteiger partial charge on any atom is 0.410 e. The first-order valence-electron chi connectivity index (χ1n) is 10.1. The van der Waals surface area contributed by atoms with Crippen LogP contribution < -0.4 is 15.4 Å². The molecule has 2 saturated heterocycles. The van der Waals surface area contributed by atoms with Crippen molar-refractivity contribution in [1.82, 2.24) is 15.5 Å². The molecule has 7 nitrogen and oxygen atoms in total. The topological polar surface area (TPSA) is 79.9 Å². The highest BCUT2D eigenvalue weighted by Crippen LogP contribution is 2.43. The molecule has 0 saturated carbocycles. The minimum atomic E-state index is -0.597. The van der Waals surface area contributed by atoms with E-state index in [0.717, 1.165) is 5.56 Å². The van der Waals surface area contributed by atoms with Crippen LogP contribution in [0, 0.1) is 0 Å². The van der Waals surface area contributed by atoms with Crippen molar-refractivity contribution < 1.29 is 19.1 Å².